The van der Waals surface area contributed by atoms with Crippen LogP contribution in [0.25, 0.3) is 11.3 Å². The lowest BCUT2D eigenvalue weighted by atomic mass is 10.2. The van der Waals surface area contributed by atoms with E-state index in [0.29, 0.717) is 0 Å². The lowest BCUT2D eigenvalue weighted by molar-refractivity contribution is -0.145. The highest BCUT2D eigenvalue weighted by Gasteiger charge is 2.13. The van der Waals surface area contributed by atoms with Crippen LogP contribution in [0.5, 0.6) is 0 Å². The van der Waals surface area contributed by atoms with Crippen LogP contribution in [-0.4, -0.2) is 11.0 Å². The molecule has 2 aromatic carbocycles. The second-order valence-electron chi connectivity index (χ2n) is 5.53. The molecular formula is C19H14BrF2NO3. The van der Waals surface area contributed by atoms with Crippen LogP contribution in [0.1, 0.15) is 17.9 Å². The number of aryl methyl sites for hydroxylation is 1. The van der Waals surface area contributed by atoms with Crippen LogP contribution in [0.4, 0.5) is 8.78 Å². The quantitative estimate of drug-likeness (QED) is 0.522. The largest absolute Gasteiger partial charge is 0.461 e. The topological polar surface area (TPSA) is 52.3 Å². The second kappa shape index (κ2) is 8.23. The van der Waals surface area contributed by atoms with Crippen molar-refractivity contribution in [2.75, 3.05) is 0 Å². The third-order valence-electron chi connectivity index (χ3n) is 3.58. The Kier molecular flexibility index (Phi) is 5.78. The van der Waals surface area contributed by atoms with Crippen molar-refractivity contribution in [2.24, 2.45) is 0 Å². The van der Waals surface area contributed by atoms with E-state index in [4.69, 9.17) is 9.15 Å². The molecule has 0 bridgehead atoms. The van der Waals surface area contributed by atoms with E-state index in [1.54, 1.807) is 0 Å². The van der Waals surface area contributed by atoms with Gasteiger partial charge in [-0.15, -0.1) is 0 Å². The van der Waals surface area contributed by atoms with Crippen LogP contribution in [0.2, 0.25) is 0 Å². The normalized spacial score (nSPS) is 10.7. The van der Waals surface area contributed by atoms with Crippen molar-refractivity contribution in [1.29, 1.82) is 0 Å². The van der Waals surface area contributed by atoms with E-state index < -0.39 is 17.6 Å². The molecule has 0 aliphatic carbocycles. The van der Waals surface area contributed by atoms with E-state index in [1.165, 1.54) is 12.3 Å². The molecule has 0 radical (unpaired) electrons. The SMILES string of the molecule is O=C(CCc1ncc(-c2ccc(F)cc2F)o1)OCc1cccc(Br)c1. The monoisotopic (exact) mass is 421 g/mol. The fraction of sp³-hybridized carbons (Fsp3) is 0.158. The molecule has 0 unspecified atom stereocenters. The van der Waals surface area contributed by atoms with E-state index in [0.717, 1.165) is 22.2 Å². The van der Waals surface area contributed by atoms with Crippen molar-refractivity contribution in [1.82, 2.24) is 4.98 Å². The third kappa shape index (κ3) is 4.76. The van der Waals surface area contributed by atoms with Crippen molar-refractivity contribution in [2.45, 2.75) is 19.4 Å². The zero-order chi connectivity index (χ0) is 18.5. The number of esters is 1. The fourth-order valence-corrected chi connectivity index (χ4v) is 2.76. The molecule has 0 fully saturated rings. The molecule has 3 rings (SSSR count). The first kappa shape index (κ1) is 18.3. The number of nitrogens with zero attached hydrogens (tertiary/aromatic N) is 1. The smallest absolute Gasteiger partial charge is 0.306 e. The van der Waals surface area contributed by atoms with Crippen LogP contribution in [0.3, 0.4) is 0 Å². The van der Waals surface area contributed by atoms with E-state index in [2.05, 4.69) is 20.9 Å². The van der Waals surface area contributed by atoms with Crippen LogP contribution >= 0.6 is 15.9 Å². The van der Waals surface area contributed by atoms with Crippen molar-refractivity contribution in [3.8, 4) is 11.3 Å². The Morgan fingerprint density at radius 1 is 1.19 bits per heavy atom. The van der Waals surface area contributed by atoms with E-state index in [9.17, 15) is 13.6 Å². The summed E-state index contributed by atoms with van der Waals surface area (Å²) in [7, 11) is 0. The van der Waals surface area contributed by atoms with Gasteiger partial charge in [0.1, 0.15) is 18.2 Å². The molecule has 0 N–H and O–H groups in total. The number of carbonyl (C=O) groups is 1. The van der Waals surface area contributed by atoms with E-state index >= 15 is 0 Å². The number of aromatic nitrogens is 1. The summed E-state index contributed by atoms with van der Waals surface area (Å²) in [4.78, 5) is 15.9. The predicted octanol–water partition coefficient (Wildman–Crippen LogP) is 5.06. The van der Waals surface area contributed by atoms with Crippen LogP contribution in [0, 0.1) is 11.6 Å². The van der Waals surface area contributed by atoms with Crippen molar-refractivity contribution in [3.63, 3.8) is 0 Å². The molecule has 0 spiro atoms. The number of rotatable bonds is 6. The Labute approximate surface area is 156 Å². The van der Waals surface area contributed by atoms with Gasteiger partial charge in [-0.1, -0.05) is 28.1 Å². The molecule has 7 heteroatoms. The second-order valence-corrected chi connectivity index (χ2v) is 6.45. The Bertz CT molecular complexity index is 927. The summed E-state index contributed by atoms with van der Waals surface area (Å²) in [6.45, 7) is 0.176. The predicted molar refractivity (Wildman–Crippen MR) is 94.1 cm³/mol. The van der Waals surface area contributed by atoms with E-state index in [1.807, 2.05) is 24.3 Å². The van der Waals surface area contributed by atoms with Gasteiger partial charge in [-0.05, 0) is 29.8 Å². The molecule has 0 saturated heterocycles. The fourth-order valence-electron chi connectivity index (χ4n) is 2.31. The highest BCUT2D eigenvalue weighted by molar-refractivity contribution is 9.10. The summed E-state index contributed by atoms with van der Waals surface area (Å²) in [6.07, 6.45) is 1.65. The lowest BCUT2D eigenvalue weighted by Gasteiger charge is -2.04. The average Bonchev–Trinajstić information content (AvgIpc) is 3.07. The van der Waals surface area contributed by atoms with Gasteiger partial charge >= 0.3 is 5.97 Å². The lowest BCUT2D eigenvalue weighted by Crippen LogP contribution is -2.06. The maximum Gasteiger partial charge on any atom is 0.306 e. The first-order valence-corrected chi connectivity index (χ1v) is 8.61. The molecule has 0 aliphatic heterocycles. The summed E-state index contributed by atoms with van der Waals surface area (Å²) in [5.74, 6) is -1.33. The first-order valence-electron chi connectivity index (χ1n) is 7.81. The number of halogens is 3. The number of benzene rings is 2. The minimum absolute atomic E-state index is 0.0832. The van der Waals surface area contributed by atoms with Gasteiger partial charge in [0.25, 0.3) is 0 Å². The molecule has 0 atom stereocenters. The van der Waals surface area contributed by atoms with Crippen LogP contribution < -0.4 is 0 Å². The molecular weight excluding hydrogens is 408 g/mol. The molecule has 4 nitrogen and oxygen atoms in total. The van der Waals surface area contributed by atoms with Gasteiger partial charge in [0.2, 0.25) is 0 Å². The Hall–Kier alpha value is -2.54. The Morgan fingerprint density at radius 3 is 2.81 bits per heavy atom. The van der Waals surface area contributed by atoms with Crippen molar-refractivity contribution in [3.05, 3.63) is 76.2 Å². The maximum atomic E-state index is 13.7. The summed E-state index contributed by atoms with van der Waals surface area (Å²) in [5.41, 5.74) is 0.986. The zero-order valence-corrected chi connectivity index (χ0v) is 15.1. The average molecular weight is 422 g/mol. The van der Waals surface area contributed by atoms with Gasteiger partial charge in [-0.25, -0.2) is 13.8 Å². The van der Waals surface area contributed by atoms with Gasteiger partial charge < -0.3 is 9.15 Å². The summed E-state index contributed by atoms with van der Waals surface area (Å²) in [6, 6.07) is 10.7. The van der Waals surface area contributed by atoms with E-state index in [-0.39, 0.29) is 36.7 Å². The molecule has 1 heterocycles. The maximum absolute atomic E-state index is 13.7. The van der Waals surface area contributed by atoms with Gasteiger partial charge in [0, 0.05) is 17.0 Å². The van der Waals surface area contributed by atoms with Gasteiger partial charge in [0.05, 0.1) is 18.2 Å². The van der Waals surface area contributed by atoms with Gasteiger partial charge in [0.15, 0.2) is 11.7 Å². The minimum Gasteiger partial charge on any atom is -0.461 e. The number of hydrogen-bond donors (Lipinski definition) is 0. The van der Waals surface area contributed by atoms with Crippen LogP contribution in [-0.2, 0) is 22.6 Å². The minimum atomic E-state index is -0.735. The summed E-state index contributed by atoms with van der Waals surface area (Å²) in [5, 5.41) is 0. The zero-order valence-electron chi connectivity index (χ0n) is 13.5. The highest BCUT2D eigenvalue weighted by Crippen LogP contribution is 2.24. The third-order valence-corrected chi connectivity index (χ3v) is 4.08. The highest BCUT2D eigenvalue weighted by atomic mass is 79.9. The Morgan fingerprint density at radius 2 is 2.04 bits per heavy atom. The molecule has 0 amide bonds. The standard InChI is InChI=1S/C19H14BrF2NO3/c20-13-3-1-2-12(8-13)11-25-19(24)7-6-18-23-10-17(26-18)15-5-4-14(21)9-16(15)22/h1-5,8-10H,6-7,11H2. The van der Waals surface area contributed by atoms with Gasteiger partial charge in [-0.3, -0.25) is 4.79 Å². The Balaban J connectivity index is 1.53. The number of oxazole rings is 1. The van der Waals surface area contributed by atoms with Crippen LogP contribution in [0.15, 0.2) is 57.6 Å². The van der Waals surface area contributed by atoms with Crippen molar-refractivity contribution < 1.29 is 22.7 Å². The molecule has 0 aliphatic rings. The van der Waals surface area contributed by atoms with Crippen molar-refractivity contribution >= 4 is 21.9 Å². The first-order chi connectivity index (χ1) is 12.5. The molecule has 134 valence electrons. The molecule has 3 aromatic rings. The molecule has 26 heavy (non-hydrogen) atoms. The summed E-state index contributed by atoms with van der Waals surface area (Å²) >= 11 is 3.35. The summed E-state index contributed by atoms with van der Waals surface area (Å²) < 4.78 is 38.2. The number of ether oxygens (including phenoxy) is 1. The molecule has 0 saturated carbocycles. The number of carbonyl (C=O) groups excluding carboxylic acids is 1. The van der Waals surface area contributed by atoms with Gasteiger partial charge in [-0.2, -0.15) is 0 Å². The number of hydrogen-bond acceptors (Lipinski definition) is 4. The molecule has 1 aromatic heterocycles.